The molecule has 0 amide bonds. The van der Waals surface area contributed by atoms with Crippen molar-refractivity contribution in [2.24, 2.45) is 0 Å². The van der Waals surface area contributed by atoms with E-state index in [2.05, 4.69) is 10.4 Å². The van der Waals surface area contributed by atoms with Gasteiger partial charge in [0, 0.05) is 12.6 Å². The third-order valence-electron chi connectivity index (χ3n) is 1.41. The quantitative estimate of drug-likeness (QED) is 0.612. The number of hydrogen-bond acceptors (Lipinski definition) is 5. The average molecular weight is 162 g/mol. The van der Waals surface area contributed by atoms with Crippen molar-refractivity contribution in [3.63, 3.8) is 0 Å². The second-order valence-corrected chi connectivity index (χ2v) is 3.26. The van der Waals surface area contributed by atoms with Crippen LogP contribution in [0.25, 0.3) is 0 Å². The molecule has 5 nitrogen and oxygen atoms in total. The number of nitrogens with zero attached hydrogens (tertiary/aromatic N) is 2. The van der Waals surface area contributed by atoms with Crippen LogP contribution >= 0.6 is 0 Å². The molecule has 0 rings (SSSR count). The first kappa shape index (κ1) is 10.8. The Morgan fingerprint density at radius 1 is 1.36 bits per heavy atom. The lowest BCUT2D eigenvalue weighted by Crippen LogP contribution is -2.52. The first-order valence-corrected chi connectivity index (χ1v) is 3.39. The van der Waals surface area contributed by atoms with Crippen LogP contribution < -0.4 is 5.59 Å². The minimum atomic E-state index is -0.215. The van der Waals surface area contributed by atoms with Gasteiger partial charge in [0.1, 0.15) is 0 Å². The Kier molecular flexibility index (Phi) is 3.91. The summed E-state index contributed by atoms with van der Waals surface area (Å²) in [4.78, 5) is 4.44. The maximum absolute atomic E-state index is 11.0. The molecule has 0 spiro atoms. The van der Waals surface area contributed by atoms with Crippen LogP contribution in [-0.4, -0.2) is 30.0 Å². The van der Waals surface area contributed by atoms with Crippen molar-refractivity contribution in [2.75, 3.05) is 14.2 Å². The molecule has 0 aromatic carbocycles. The zero-order valence-corrected chi connectivity index (χ0v) is 7.71. The minimum absolute atomic E-state index is 0.215. The summed E-state index contributed by atoms with van der Waals surface area (Å²) in [7, 11) is 3.07. The number of hydrogen-bond donors (Lipinski definition) is 1. The molecule has 0 unspecified atom stereocenters. The second-order valence-electron chi connectivity index (χ2n) is 3.26. The highest BCUT2D eigenvalue weighted by Crippen LogP contribution is 2.10. The van der Waals surface area contributed by atoms with Gasteiger partial charge in [-0.1, -0.05) is 0 Å². The lowest BCUT2D eigenvalue weighted by molar-refractivity contribution is -0.164. The monoisotopic (exact) mass is 162 g/mol. The highest BCUT2D eigenvalue weighted by atomic mass is 16.8. The van der Waals surface area contributed by atoms with Crippen LogP contribution in [0.5, 0.6) is 0 Å². The first-order chi connectivity index (χ1) is 4.89. The Hall–Kier alpha value is -0.200. The number of rotatable bonds is 3. The molecule has 0 atom stereocenters. The van der Waals surface area contributed by atoms with Gasteiger partial charge in [0.15, 0.2) is 0 Å². The largest absolute Gasteiger partial charge is 0.756 e. The van der Waals surface area contributed by atoms with Crippen molar-refractivity contribution in [1.29, 1.82) is 0 Å². The Bertz CT molecular complexity index is 113. The van der Waals surface area contributed by atoms with Gasteiger partial charge >= 0.3 is 0 Å². The van der Waals surface area contributed by atoms with Gasteiger partial charge in [-0.05, 0) is 20.8 Å². The fourth-order valence-electron chi connectivity index (χ4n) is 0.412. The molecule has 5 heteroatoms. The van der Waals surface area contributed by atoms with E-state index in [-0.39, 0.29) is 5.54 Å². The molecule has 1 N–H and O–H groups in total. The van der Waals surface area contributed by atoms with Crippen LogP contribution in [-0.2, 0) is 4.84 Å². The van der Waals surface area contributed by atoms with Crippen molar-refractivity contribution in [1.82, 2.24) is 15.9 Å². The molecular weight excluding hydrogens is 146 g/mol. The van der Waals surface area contributed by atoms with Crippen molar-refractivity contribution >= 4 is 0 Å². The van der Waals surface area contributed by atoms with Crippen LogP contribution in [0.3, 0.4) is 0 Å². The minimum Gasteiger partial charge on any atom is -0.756 e. The van der Waals surface area contributed by atoms with Gasteiger partial charge in [0.25, 0.3) is 0 Å². The van der Waals surface area contributed by atoms with Gasteiger partial charge in [-0.25, -0.2) is 10.3 Å². The topological polar surface area (TPSA) is 50.8 Å². The average Bonchev–Trinajstić information content (AvgIpc) is 1.85. The van der Waals surface area contributed by atoms with Crippen LogP contribution in [0.15, 0.2) is 0 Å². The van der Waals surface area contributed by atoms with E-state index in [1.165, 1.54) is 12.1 Å². The standard InChI is InChI=1S/C6H16N3O2/c1-6(2,3)8(4)9(10)7-11-5/h7H,1-5H3/q-1. The van der Waals surface area contributed by atoms with E-state index in [0.29, 0.717) is 5.28 Å². The summed E-state index contributed by atoms with van der Waals surface area (Å²) in [6, 6.07) is 0. The fourth-order valence-corrected chi connectivity index (χ4v) is 0.412. The van der Waals surface area contributed by atoms with E-state index < -0.39 is 0 Å². The molecule has 11 heavy (non-hydrogen) atoms. The van der Waals surface area contributed by atoms with E-state index in [1.54, 1.807) is 7.05 Å². The second kappa shape index (κ2) is 3.99. The van der Waals surface area contributed by atoms with Crippen LogP contribution in [0.1, 0.15) is 20.8 Å². The Balaban J connectivity index is 3.91. The summed E-state index contributed by atoms with van der Waals surface area (Å²) >= 11 is 0. The summed E-state index contributed by atoms with van der Waals surface area (Å²) in [5, 5.41) is 13.0. The van der Waals surface area contributed by atoms with E-state index in [9.17, 15) is 5.21 Å². The molecule has 68 valence electrons. The Morgan fingerprint density at radius 2 is 1.82 bits per heavy atom. The molecule has 0 saturated carbocycles. The zero-order valence-electron chi connectivity index (χ0n) is 7.71. The van der Waals surface area contributed by atoms with E-state index in [4.69, 9.17) is 0 Å². The molecule has 0 radical (unpaired) electrons. The summed E-state index contributed by atoms with van der Waals surface area (Å²) in [5.41, 5.74) is 1.94. The molecule has 0 aromatic heterocycles. The van der Waals surface area contributed by atoms with Crippen molar-refractivity contribution in [3.8, 4) is 0 Å². The Labute approximate surface area is 67.4 Å². The van der Waals surface area contributed by atoms with Crippen LogP contribution in [0.2, 0.25) is 0 Å². The van der Waals surface area contributed by atoms with Gasteiger partial charge in [-0.3, -0.25) is 4.84 Å². The zero-order chi connectivity index (χ0) is 9.07. The van der Waals surface area contributed by atoms with E-state index in [1.807, 2.05) is 20.8 Å². The molecule has 0 heterocycles. The van der Waals surface area contributed by atoms with Crippen LogP contribution in [0.4, 0.5) is 0 Å². The van der Waals surface area contributed by atoms with Gasteiger partial charge < -0.3 is 5.21 Å². The van der Waals surface area contributed by atoms with Crippen molar-refractivity contribution in [3.05, 3.63) is 5.21 Å². The molecule has 0 aliphatic carbocycles. The van der Waals surface area contributed by atoms with Gasteiger partial charge in [0.2, 0.25) is 0 Å². The lowest BCUT2D eigenvalue weighted by Gasteiger charge is -2.44. The molecule has 0 aromatic rings. The van der Waals surface area contributed by atoms with Crippen LogP contribution in [0, 0.1) is 5.21 Å². The lowest BCUT2D eigenvalue weighted by atomic mass is 10.1. The number of hydrazine groups is 2. The fraction of sp³-hybridized carbons (Fsp3) is 1.00. The third-order valence-corrected chi connectivity index (χ3v) is 1.41. The predicted molar refractivity (Wildman–Crippen MR) is 42.9 cm³/mol. The third kappa shape index (κ3) is 3.64. The molecule has 0 bridgehead atoms. The molecule has 0 saturated heterocycles. The first-order valence-electron chi connectivity index (χ1n) is 3.39. The maximum Gasteiger partial charge on any atom is 0.0588 e. The number of nitrogens with one attached hydrogen (secondary N) is 1. The molecule has 0 aliphatic rings. The summed E-state index contributed by atoms with van der Waals surface area (Å²) in [6.07, 6.45) is 0. The highest BCUT2D eigenvalue weighted by molar-refractivity contribution is 4.69. The Morgan fingerprint density at radius 3 is 2.09 bits per heavy atom. The summed E-state index contributed by atoms with van der Waals surface area (Å²) < 4.78 is 0. The van der Waals surface area contributed by atoms with Gasteiger partial charge in [0.05, 0.1) is 7.11 Å². The van der Waals surface area contributed by atoms with E-state index >= 15 is 0 Å². The maximum atomic E-state index is 11.0. The normalized spacial score (nSPS) is 13.1. The highest BCUT2D eigenvalue weighted by Gasteiger charge is 2.17. The van der Waals surface area contributed by atoms with Crippen molar-refractivity contribution in [2.45, 2.75) is 26.3 Å². The van der Waals surface area contributed by atoms with Gasteiger partial charge in [-0.2, -0.15) is 0 Å². The summed E-state index contributed by atoms with van der Waals surface area (Å²) in [6.45, 7) is 5.78. The van der Waals surface area contributed by atoms with Gasteiger partial charge in [-0.15, -0.1) is 5.59 Å². The molecular formula is C6H16N3O2-. The smallest absolute Gasteiger partial charge is 0.0588 e. The molecule has 0 fully saturated rings. The molecule has 0 aliphatic heterocycles. The SMILES string of the molecule is CONN([O-])N(C)C(C)(C)C. The van der Waals surface area contributed by atoms with E-state index in [0.717, 1.165) is 0 Å². The van der Waals surface area contributed by atoms with Crippen molar-refractivity contribution < 1.29 is 4.84 Å². The summed E-state index contributed by atoms with van der Waals surface area (Å²) in [5.74, 6) is 0. The predicted octanol–water partition coefficient (Wildman–Crippen LogP) is 0.497.